The maximum absolute atomic E-state index is 12.6. The standard InChI is InChI=1S/C13H13ClN4O2S/c1-13(8-5-15-17(2)6-8)11(19)18(12(20)16-13)7-9-3-4-10(14)21-9/h3-6H,7H2,1-2H3,(H,16,20). The van der Waals surface area contributed by atoms with Gasteiger partial charge in [0.05, 0.1) is 17.1 Å². The molecule has 3 rings (SSSR count). The fraction of sp³-hybridized carbons (Fsp3) is 0.308. The van der Waals surface area contributed by atoms with Gasteiger partial charge in [0.2, 0.25) is 0 Å². The third-order valence-electron chi connectivity index (χ3n) is 3.50. The van der Waals surface area contributed by atoms with Crippen molar-refractivity contribution in [3.8, 4) is 0 Å². The Kier molecular flexibility index (Phi) is 3.26. The van der Waals surface area contributed by atoms with Crippen molar-refractivity contribution in [1.82, 2.24) is 20.0 Å². The molecule has 21 heavy (non-hydrogen) atoms. The zero-order valence-electron chi connectivity index (χ0n) is 11.5. The molecule has 3 amide bonds. The van der Waals surface area contributed by atoms with E-state index in [1.54, 1.807) is 37.1 Å². The number of nitrogens with one attached hydrogen (secondary N) is 1. The minimum absolute atomic E-state index is 0.220. The molecule has 0 bridgehead atoms. The fourth-order valence-corrected chi connectivity index (χ4v) is 3.38. The second-order valence-corrected chi connectivity index (χ2v) is 6.85. The summed E-state index contributed by atoms with van der Waals surface area (Å²) in [5, 5.41) is 6.80. The second-order valence-electron chi connectivity index (χ2n) is 5.05. The number of halogens is 1. The zero-order chi connectivity index (χ0) is 15.2. The molecular formula is C13H13ClN4O2S. The normalized spacial score (nSPS) is 22.0. The van der Waals surface area contributed by atoms with Gasteiger partial charge < -0.3 is 5.32 Å². The van der Waals surface area contributed by atoms with Gasteiger partial charge in [0.15, 0.2) is 0 Å². The number of imide groups is 1. The third-order valence-corrected chi connectivity index (χ3v) is 4.72. The molecule has 1 aliphatic rings. The van der Waals surface area contributed by atoms with E-state index >= 15 is 0 Å². The van der Waals surface area contributed by atoms with Gasteiger partial charge in [0.25, 0.3) is 5.91 Å². The molecule has 2 aromatic rings. The molecule has 6 nitrogen and oxygen atoms in total. The van der Waals surface area contributed by atoms with Crippen molar-refractivity contribution in [2.45, 2.75) is 19.0 Å². The number of nitrogens with zero attached hydrogens (tertiary/aromatic N) is 3. The average molecular weight is 325 g/mol. The number of urea groups is 1. The Morgan fingerprint density at radius 3 is 2.76 bits per heavy atom. The number of carbonyl (C=O) groups is 2. The van der Waals surface area contributed by atoms with E-state index in [4.69, 9.17) is 11.6 Å². The van der Waals surface area contributed by atoms with E-state index in [0.717, 1.165) is 4.88 Å². The number of hydrogen-bond donors (Lipinski definition) is 1. The summed E-state index contributed by atoms with van der Waals surface area (Å²) >= 11 is 7.23. The number of hydrogen-bond acceptors (Lipinski definition) is 4. The van der Waals surface area contributed by atoms with Gasteiger partial charge >= 0.3 is 6.03 Å². The van der Waals surface area contributed by atoms with E-state index in [1.807, 2.05) is 6.07 Å². The van der Waals surface area contributed by atoms with Crippen LogP contribution < -0.4 is 5.32 Å². The summed E-state index contributed by atoms with van der Waals surface area (Å²) in [6.07, 6.45) is 3.31. The van der Waals surface area contributed by atoms with Gasteiger partial charge in [-0.3, -0.25) is 14.4 Å². The summed E-state index contributed by atoms with van der Waals surface area (Å²) < 4.78 is 2.23. The number of aryl methyl sites for hydroxylation is 1. The first-order valence-electron chi connectivity index (χ1n) is 6.27. The van der Waals surface area contributed by atoms with Crippen molar-refractivity contribution in [3.05, 3.63) is 39.3 Å². The largest absolute Gasteiger partial charge is 0.325 e. The summed E-state index contributed by atoms with van der Waals surface area (Å²) in [6, 6.07) is 3.16. The van der Waals surface area contributed by atoms with Gasteiger partial charge in [0.1, 0.15) is 5.54 Å². The topological polar surface area (TPSA) is 67.2 Å². The maximum Gasteiger partial charge on any atom is 0.325 e. The number of carbonyl (C=O) groups excluding carboxylic acids is 2. The molecule has 0 radical (unpaired) electrons. The van der Waals surface area contributed by atoms with E-state index in [1.165, 1.54) is 16.2 Å². The predicted octanol–water partition coefficient (Wildman–Crippen LogP) is 2.10. The summed E-state index contributed by atoms with van der Waals surface area (Å²) in [5.74, 6) is -0.287. The van der Waals surface area contributed by atoms with Gasteiger partial charge in [0, 0.05) is 23.7 Å². The van der Waals surface area contributed by atoms with Gasteiger partial charge in [-0.15, -0.1) is 11.3 Å². The molecule has 2 aromatic heterocycles. The lowest BCUT2D eigenvalue weighted by Crippen LogP contribution is -2.40. The first-order chi connectivity index (χ1) is 9.90. The van der Waals surface area contributed by atoms with Gasteiger partial charge in [-0.25, -0.2) is 4.79 Å². The van der Waals surface area contributed by atoms with Gasteiger partial charge in [-0.05, 0) is 19.1 Å². The van der Waals surface area contributed by atoms with Crippen LogP contribution in [0.1, 0.15) is 17.4 Å². The number of thiophene rings is 1. The highest BCUT2D eigenvalue weighted by Gasteiger charge is 2.49. The Morgan fingerprint density at radius 2 is 2.19 bits per heavy atom. The van der Waals surface area contributed by atoms with Crippen LogP contribution in [-0.2, 0) is 23.9 Å². The predicted molar refractivity (Wildman–Crippen MR) is 79.0 cm³/mol. The van der Waals surface area contributed by atoms with Crippen LogP contribution >= 0.6 is 22.9 Å². The molecular weight excluding hydrogens is 312 g/mol. The zero-order valence-corrected chi connectivity index (χ0v) is 13.0. The van der Waals surface area contributed by atoms with E-state index in [2.05, 4.69) is 10.4 Å². The molecule has 0 aliphatic carbocycles. The molecule has 1 N–H and O–H groups in total. The monoisotopic (exact) mass is 324 g/mol. The van der Waals surface area contributed by atoms with E-state index in [9.17, 15) is 9.59 Å². The Hall–Kier alpha value is -1.86. The van der Waals surface area contributed by atoms with Crippen LogP contribution in [0.3, 0.4) is 0 Å². The molecule has 1 saturated heterocycles. The minimum atomic E-state index is -1.08. The lowest BCUT2D eigenvalue weighted by atomic mass is 9.95. The SMILES string of the molecule is Cn1cc(C2(C)NC(=O)N(Cc3ccc(Cl)s3)C2=O)cn1. The molecule has 0 spiro atoms. The van der Waals surface area contributed by atoms with Crippen LogP contribution in [0.4, 0.5) is 4.79 Å². The molecule has 1 unspecified atom stereocenters. The third kappa shape index (κ3) is 2.32. The Morgan fingerprint density at radius 1 is 1.43 bits per heavy atom. The molecule has 0 saturated carbocycles. The molecule has 8 heteroatoms. The number of rotatable bonds is 3. The van der Waals surface area contributed by atoms with Crippen molar-refractivity contribution in [3.63, 3.8) is 0 Å². The number of aromatic nitrogens is 2. The fourth-order valence-electron chi connectivity index (χ4n) is 2.31. The summed E-state index contributed by atoms with van der Waals surface area (Å²) in [5.41, 5.74) is -0.415. The van der Waals surface area contributed by atoms with E-state index in [0.29, 0.717) is 9.90 Å². The lowest BCUT2D eigenvalue weighted by molar-refractivity contribution is -0.131. The average Bonchev–Trinajstić information content (AvgIpc) is 3.08. The molecule has 1 fully saturated rings. The van der Waals surface area contributed by atoms with Gasteiger partial charge in [-0.1, -0.05) is 11.6 Å². The molecule has 3 heterocycles. The first-order valence-corrected chi connectivity index (χ1v) is 7.47. The molecule has 0 aromatic carbocycles. The minimum Gasteiger partial charge on any atom is -0.319 e. The highest BCUT2D eigenvalue weighted by Crippen LogP contribution is 2.31. The van der Waals surface area contributed by atoms with Crippen LogP contribution in [-0.4, -0.2) is 26.6 Å². The maximum atomic E-state index is 12.6. The summed E-state index contributed by atoms with van der Waals surface area (Å²) in [7, 11) is 1.76. The highest BCUT2D eigenvalue weighted by molar-refractivity contribution is 7.16. The summed E-state index contributed by atoms with van der Waals surface area (Å²) in [4.78, 5) is 26.8. The lowest BCUT2D eigenvalue weighted by Gasteiger charge is -2.19. The van der Waals surface area contributed by atoms with E-state index in [-0.39, 0.29) is 12.5 Å². The van der Waals surface area contributed by atoms with Crippen molar-refractivity contribution in [2.75, 3.05) is 0 Å². The van der Waals surface area contributed by atoms with Crippen molar-refractivity contribution >= 4 is 34.9 Å². The first kappa shape index (κ1) is 14.1. The Balaban J connectivity index is 1.88. The van der Waals surface area contributed by atoms with Crippen LogP contribution in [0.25, 0.3) is 0 Å². The van der Waals surface area contributed by atoms with Crippen LogP contribution in [0.15, 0.2) is 24.5 Å². The van der Waals surface area contributed by atoms with Gasteiger partial charge in [-0.2, -0.15) is 5.10 Å². The van der Waals surface area contributed by atoms with E-state index < -0.39 is 11.6 Å². The quantitative estimate of drug-likeness (QED) is 0.879. The van der Waals surface area contributed by atoms with Crippen molar-refractivity contribution in [2.24, 2.45) is 7.05 Å². The van der Waals surface area contributed by atoms with Crippen LogP contribution in [0, 0.1) is 0 Å². The Bertz CT molecular complexity index is 725. The second kappa shape index (κ2) is 4.85. The number of amides is 3. The summed E-state index contributed by atoms with van der Waals surface area (Å²) in [6.45, 7) is 1.91. The Labute approximate surface area is 130 Å². The molecule has 110 valence electrons. The highest BCUT2D eigenvalue weighted by atomic mass is 35.5. The molecule has 1 atom stereocenters. The van der Waals surface area contributed by atoms with Crippen LogP contribution in [0.2, 0.25) is 4.34 Å². The molecule has 1 aliphatic heterocycles. The van der Waals surface area contributed by atoms with Crippen molar-refractivity contribution in [1.29, 1.82) is 0 Å². The smallest absolute Gasteiger partial charge is 0.319 e. The van der Waals surface area contributed by atoms with Crippen molar-refractivity contribution < 1.29 is 9.59 Å². The van der Waals surface area contributed by atoms with Crippen LogP contribution in [0.5, 0.6) is 0 Å².